The van der Waals surface area contributed by atoms with Gasteiger partial charge in [-0.15, -0.1) is 0 Å². The maximum Gasteiger partial charge on any atom is 0.433 e. The topological polar surface area (TPSA) is 55.6 Å². The second-order valence-electron chi connectivity index (χ2n) is 5.29. The van der Waals surface area contributed by atoms with Crippen LogP contribution in [0.25, 0.3) is 0 Å². The lowest BCUT2D eigenvalue weighted by Gasteiger charge is -2.19. The molecule has 3 aromatic rings. The fourth-order valence-electron chi connectivity index (χ4n) is 2.32. The average Bonchev–Trinajstić information content (AvgIpc) is 2.99. The molecule has 2 heterocycles. The smallest absolute Gasteiger partial charge is 0.340 e. The van der Waals surface area contributed by atoms with Gasteiger partial charge in [0.2, 0.25) is 5.95 Å². The molecule has 0 saturated heterocycles. The molecule has 0 aliphatic carbocycles. The summed E-state index contributed by atoms with van der Waals surface area (Å²) in [7, 11) is 1.74. The Balaban J connectivity index is 1.99. The van der Waals surface area contributed by atoms with E-state index in [0.717, 1.165) is 12.3 Å². The highest BCUT2D eigenvalue weighted by Gasteiger charge is 2.33. The summed E-state index contributed by atoms with van der Waals surface area (Å²) in [4.78, 5) is 11.6. The Morgan fingerprint density at radius 1 is 1.04 bits per heavy atom. The van der Waals surface area contributed by atoms with Crippen LogP contribution in [0.3, 0.4) is 0 Å². The van der Waals surface area contributed by atoms with Crippen molar-refractivity contribution < 1.29 is 17.6 Å². The second kappa shape index (κ2) is 6.50. The third-order valence-corrected chi connectivity index (χ3v) is 3.54. The molecule has 0 fully saturated rings. The van der Waals surface area contributed by atoms with Gasteiger partial charge in [-0.2, -0.15) is 13.2 Å². The van der Waals surface area contributed by atoms with Crippen molar-refractivity contribution in [3.05, 3.63) is 71.8 Å². The number of aryl methyl sites for hydroxylation is 1. The summed E-state index contributed by atoms with van der Waals surface area (Å²) in [5, 5.41) is 2.84. The van der Waals surface area contributed by atoms with Crippen molar-refractivity contribution in [3.63, 3.8) is 0 Å². The number of aromatic nitrogens is 4. The fraction of sp³-hybridized carbons (Fsp3) is 0.188. The first kappa shape index (κ1) is 16.9. The molecule has 5 nitrogen and oxygen atoms in total. The molecule has 0 bridgehead atoms. The van der Waals surface area contributed by atoms with Gasteiger partial charge in [0.05, 0.1) is 0 Å². The minimum absolute atomic E-state index is 0.202. The number of anilines is 1. The molecule has 3 rings (SSSR count). The van der Waals surface area contributed by atoms with Gasteiger partial charge in [-0.3, -0.25) is 0 Å². The molecule has 25 heavy (non-hydrogen) atoms. The molecular weight excluding hydrogens is 338 g/mol. The van der Waals surface area contributed by atoms with Gasteiger partial charge >= 0.3 is 6.18 Å². The quantitative estimate of drug-likeness (QED) is 0.730. The molecule has 1 N–H and O–H groups in total. The maximum atomic E-state index is 13.2. The van der Waals surface area contributed by atoms with E-state index in [1.54, 1.807) is 24.0 Å². The zero-order valence-electron chi connectivity index (χ0n) is 13.0. The Bertz CT molecular complexity index is 857. The first-order valence-corrected chi connectivity index (χ1v) is 7.24. The van der Waals surface area contributed by atoms with Crippen LogP contribution in [-0.4, -0.2) is 19.5 Å². The van der Waals surface area contributed by atoms with Crippen LogP contribution in [0.2, 0.25) is 0 Å². The average molecular weight is 351 g/mol. The Morgan fingerprint density at radius 3 is 2.36 bits per heavy atom. The second-order valence-corrected chi connectivity index (χ2v) is 5.29. The molecule has 0 unspecified atom stereocenters. The molecule has 1 aromatic carbocycles. The molecule has 1 atom stereocenters. The van der Waals surface area contributed by atoms with Crippen molar-refractivity contribution in [2.24, 2.45) is 7.05 Å². The van der Waals surface area contributed by atoms with Gasteiger partial charge in [0.1, 0.15) is 23.4 Å². The SMILES string of the molecule is Cn1ccnc1[C@H](Nc1nccc(C(F)(F)F)n1)c1ccc(F)cc1. The molecule has 130 valence electrons. The van der Waals surface area contributed by atoms with Crippen molar-refractivity contribution >= 4 is 5.95 Å². The van der Waals surface area contributed by atoms with Gasteiger partial charge in [-0.25, -0.2) is 19.3 Å². The normalized spacial score (nSPS) is 12.8. The minimum Gasteiger partial charge on any atom is -0.340 e. The molecule has 0 spiro atoms. The standard InChI is InChI=1S/C16H13F4N5/c1-25-9-8-21-14(25)13(10-2-4-11(17)5-3-10)24-15-22-7-6-12(23-15)16(18,19)20/h2-9,13H,1H3,(H,22,23,24)/t13-/m1/s1. The number of nitrogens with zero attached hydrogens (tertiary/aromatic N) is 4. The van der Waals surface area contributed by atoms with Crippen LogP contribution < -0.4 is 5.32 Å². The van der Waals surface area contributed by atoms with Crippen molar-refractivity contribution in [2.75, 3.05) is 5.32 Å². The Hall–Kier alpha value is -2.97. The summed E-state index contributed by atoms with van der Waals surface area (Å²) >= 11 is 0. The highest BCUT2D eigenvalue weighted by atomic mass is 19.4. The van der Waals surface area contributed by atoms with Crippen LogP contribution in [0.5, 0.6) is 0 Å². The van der Waals surface area contributed by atoms with Crippen LogP contribution in [0.4, 0.5) is 23.5 Å². The van der Waals surface area contributed by atoms with Gasteiger partial charge in [-0.1, -0.05) is 12.1 Å². The first-order valence-electron chi connectivity index (χ1n) is 7.24. The minimum atomic E-state index is -4.58. The van der Waals surface area contributed by atoms with Gasteiger partial charge in [-0.05, 0) is 23.8 Å². The lowest BCUT2D eigenvalue weighted by Crippen LogP contribution is -2.19. The van der Waals surface area contributed by atoms with Crippen molar-refractivity contribution in [1.82, 2.24) is 19.5 Å². The predicted octanol–water partition coefficient (Wildman–Crippen LogP) is 3.57. The van der Waals surface area contributed by atoms with Crippen molar-refractivity contribution in [3.8, 4) is 0 Å². The Morgan fingerprint density at radius 2 is 1.76 bits per heavy atom. The molecule has 9 heteroatoms. The Kier molecular flexibility index (Phi) is 4.39. The number of benzene rings is 1. The molecule has 0 amide bonds. The first-order chi connectivity index (χ1) is 11.8. The number of hydrogen-bond donors (Lipinski definition) is 1. The monoisotopic (exact) mass is 351 g/mol. The summed E-state index contributed by atoms with van der Waals surface area (Å²) in [6.45, 7) is 0. The van der Waals surface area contributed by atoms with E-state index in [-0.39, 0.29) is 5.95 Å². The Labute approximate surface area is 140 Å². The summed E-state index contributed by atoms with van der Waals surface area (Å²) in [6.07, 6.45) is -0.298. The largest absolute Gasteiger partial charge is 0.433 e. The lowest BCUT2D eigenvalue weighted by atomic mass is 10.1. The zero-order chi connectivity index (χ0) is 18.0. The van der Waals surface area contributed by atoms with E-state index < -0.39 is 23.7 Å². The highest BCUT2D eigenvalue weighted by Crippen LogP contribution is 2.29. The maximum absolute atomic E-state index is 13.2. The molecular formula is C16H13F4N5. The summed E-state index contributed by atoms with van der Waals surface area (Å²) < 4.78 is 53.4. The third-order valence-electron chi connectivity index (χ3n) is 3.54. The van der Waals surface area contributed by atoms with E-state index in [2.05, 4.69) is 20.3 Å². The van der Waals surface area contributed by atoms with Gasteiger partial charge in [0.25, 0.3) is 0 Å². The van der Waals surface area contributed by atoms with E-state index in [1.165, 1.54) is 24.3 Å². The van der Waals surface area contributed by atoms with Gasteiger partial charge in [0, 0.05) is 25.6 Å². The molecule has 0 saturated carbocycles. The van der Waals surface area contributed by atoms with E-state index in [0.29, 0.717) is 11.4 Å². The van der Waals surface area contributed by atoms with E-state index in [1.807, 2.05) is 0 Å². The number of nitrogens with one attached hydrogen (secondary N) is 1. The number of halogens is 4. The molecule has 0 aliphatic rings. The number of hydrogen-bond acceptors (Lipinski definition) is 4. The zero-order valence-corrected chi connectivity index (χ0v) is 13.0. The molecule has 0 radical (unpaired) electrons. The fourth-order valence-corrected chi connectivity index (χ4v) is 2.32. The molecule has 2 aromatic heterocycles. The van der Waals surface area contributed by atoms with Crippen LogP contribution in [-0.2, 0) is 13.2 Å². The summed E-state index contributed by atoms with van der Waals surface area (Å²) in [5.74, 6) is -0.0996. The number of alkyl halides is 3. The summed E-state index contributed by atoms with van der Waals surface area (Å²) in [6, 6.07) is 5.72. The summed E-state index contributed by atoms with van der Waals surface area (Å²) in [5.41, 5.74) is -0.445. The number of imidazole rings is 1. The van der Waals surface area contributed by atoms with E-state index in [4.69, 9.17) is 0 Å². The van der Waals surface area contributed by atoms with Crippen LogP contribution >= 0.6 is 0 Å². The number of rotatable bonds is 4. The van der Waals surface area contributed by atoms with Crippen LogP contribution in [0, 0.1) is 5.82 Å². The predicted molar refractivity (Wildman–Crippen MR) is 82.1 cm³/mol. The highest BCUT2D eigenvalue weighted by molar-refractivity contribution is 5.37. The van der Waals surface area contributed by atoms with Crippen molar-refractivity contribution in [1.29, 1.82) is 0 Å². The van der Waals surface area contributed by atoms with Gasteiger partial charge < -0.3 is 9.88 Å². The third kappa shape index (κ3) is 3.76. The van der Waals surface area contributed by atoms with E-state index in [9.17, 15) is 17.6 Å². The van der Waals surface area contributed by atoms with Crippen LogP contribution in [0.1, 0.15) is 23.1 Å². The lowest BCUT2D eigenvalue weighted by molar-refractivity contribution is -0.141. The van der Waals surface area contributed by atoms with E-state index >= 15 is 0 Å². The molecule has 0 aliphatic heterocycles. The van der Waals surface area contributed by atoms with Gasteiger partial charge in [0.15, 0.2) is 0 Å². The van der Waals surface area contributed by atoms with Crippen LogP contribution in [0.15, 0.2) is 48.9 Å². The van der Waals surface area contributed by atoms with Crippen molar-refractivity contribution in [2.45, 2.75) is 12.2 Å².